The fourth-order valence-electron chi connectivity index (χ4n) is 1.65. The molecule has 0 radical (unpaired) electrons. The van der Waals surface area contributed by atoms with E-state index in [1.807, 2.05) is 18.2 Å². The summed E-state index contributed by atoms with van der Waals surface area (Å²) in [5.74, 6) is -0.0994. The quantitative estimate of drug-likeness (QED) is 0.507. The highest BCUT2D eigenvalue weighted by atomic mass is 16.1. The zero-order valence-electron chi connectivity index (χ0n) is 9.92. The summed E-state index contributed by atoms with van der Waals surface area (Å²) in [6.45, 7) is 0. The van der Waals surface area contributed by atoms with Gasteiger partial charge in [0.15, 0.2) is 0 Å². The molecule has 2 heteroatoms. The number of hydrogen-bond acceptors (Lipinski definition) is 2. The van der Waals surface area contributed by atoms with Crippen LogP contribution in [0.4, 0.5) is 0 Å². The molecule has 1 aromatic rings. The van der Waals surface area contributed by atoms with Gasteiger partial charge in [-0.15, -0.1) is 0 Å². The van der Waals surface area contributed by atoms with Gasteiger partial charge < -0.3 is 9.59 Å². The van der Waals surface area contributed by atoms with Crippen LogP contribution >= 0.6 is 0 Å². The molecule has 17 heavy (non-hydrogen) atoms. The van der Waals surface area contributed by atoms with Gasteiger partial charge in [0.25, 0.3) is 0 Å². The minimum absolute atomic E-state index is 0.0994. The molecule has 0 saturated heterocycles. The van der Waals surface area contributed by atoms with Crippen LogP contribution in [0, 0.1) is 5.92 Å². The molecule has 90 valence electrons. The van der Waals surface area contributed by atoms with Crippen LogP contribution in [0.15, 0.2) is 36.4 Å². The Bertz CT molecular complexity index is 354. The Morgan fingerprint density at radius 3 is 2.53 bits per heavy atom. The van der Waals surface area contributed by atoms with Crippen LogP contribution in [0.3, 0.4) is 0 Å². The van der Waals surface area contributed by atoms with Gasteiger partial charge in [0.1, 0.15) is 12.6 Å². The molecule has 0 aliphatic rings. The number of aldehydes is 2. The molecule has 0 spiro atoms. The van der Waals surface area contributed by atoms with Crippen molar-refractivity contribution in [3.63, 3.8) is 0 Å². The van der Waals surface area contributed by atoms with Gasteiger partial charge in [-0.2, -0.15) is 0 Å². The number of rotatable bonds is 8. The van der Waals surface area contributed by atoms with E-state index in [-0.39, 0.29) is 5.92 Å². The molecule has 0 heterocycles. The van der Waals surface area contributed by atoms with Crippen LogP contribution in [-0.4, -0.2) is 12.6 Å². The lowest BCUT2D eigenvalue weighted by atomic mass is 10.0. The highest BCUT2D eigenvalue weighted by Crippen LogP contribution is 2.10. The van der Waals surface area contributed by atoms with Crippen LogP contribution in [0.2, 0.25) is 0 Å². The first-order valence-electron chi connectivity index (χ1n) is 5.97. The lowest BCUT2D eigenvalue weighted by Gasteiger charge is -2.03. The summed E-state index contributed by atoms with van der Waals surface area (Å²) < 4.78 is 0. The molecule has 0 N–H and O–H groups in total. The van der Waals surface area contributed by atoms with Crippen LogP contribution in [-0.2, 0) is 9.59 Å². The summed E-state index contributed by atoms with van der Waals surface area (Å²) in [5.41, 5.74) is 1.19. The molecule has 0 aromatic heterocycles. The number of benzene rings is 1. The van der Waals surface area contributed by atoms with Gasteiger partial charge in [0, 0.05) is 12.3 Å². The predicted molar refractivity (Wildman–Crippen MR) is 69.6 cm³/mol. The Labute approximate surface area is 102 Å². The van der Waals surface area contributed by atoms with E-state index in [1.54, 1.807) is 0 Å². The van der Waals surface area contributed by atoms with Crippen LogP contribution in [0.25, 0.3) is 6.08 Å². The highest BCUT2D eigenvalue weighted by Gasteiger charge is 2.04. The fraction of sp³-hybridized carbons (Fsp3) is 0.333. The lowest BCUT2D eigenvalue weighted by Crippen LogP contribution is -2.02. The first-order valence-corrected chi connectivity index (χ1v) is 5.97. The van der Waals surface area contributed by atoms with Gasteiger partial charge in [-0.3, -0.25) is 0 Å². The zero-order chi connectivity index (χ0) is 12.3. The molecule has 0 aliphatic carbocycles. The van der Waals surface area contributed by atoms with Crippen LogP contribution in [0.5, 0.6) is 0 Å². The van der Waals surface area contributed by atoms with Gasteiger partial charge in [-0.1, -0.05) is 42.5 Å². The summed E-state index contributed by atoms with van der Waals surface area (Å²) in [5, 5.41) is 0. The van der Waals surface area contributed by atoms with Gasteiger partial charge in [-0.25, -0.2) is 0 Å². The Morgan fingerprint density at radius 1 is 1.12 bits per heavy atom. The fourth-order valence-corrected chi connectivity index (χ4v) is 1.65. The molecule has 1 rings (SSSR count). The minimum atomic E-state index is -0.0994. The Balaban J connectivity index is 2.21. The van der Waals surface area contributed by atoms with Crippen molar-refractivity contribution < 1.29 is 9.59 Å². The van der Waals surface area contributed by atoms with E-state index < -0.39 is 0 Å². The normalized spacial score (nSPS) is 12.5. The SMILES string of the molecule is O=CCC(C=O)CCCC=Cc1ccccc1. The van der Waals surface area contributed by atoms with E-state index in [0.717, 1.165) is 31.8 Å². The second-order valence-electron chi connectivity index (χ2n) is 4.04. The van der Waals surface area contributed by atoms with Crippen molar-refractivity contribution in [3.05, 3.63) is 42.0 Å². The highest BCUT2D eigenvalue weighted by molar-refractivity contribution is 5.61. The summed E-state index contributed by atoms with van der Waals surface area (Å²) in [4.78, 5) is 20.9. The van der Waals surface area contributed by atoms with Crippen molar-refractivity contribution in [2.24, 2.45) is 5.92 Å². The third-order valence-electron chi connectivity index (χ3n) is 2.65. The van der Waals surface area contributed by atoms with E-state index in [0.29, 0.717) is 6.42 Å². The predicted octanol–water partition coefficient (Wildman–Crippen LogP) is 3.27. The van der Waals surface area contributed by atoms with Crippen molar-refractivity contribution in [1.29, 1.82) is 0 Å². The summed E-state index contributed by atoms with van der Waals surface area (Å²) in [7, 11) is 0. The Kier molecular flexibility index (Phi) is 6.64. The van der Waals surface area contributed by atoms with E-state index >= 15 is 0 Å². The first-order chi connectivity index (χ1) is 8.36. The second kappa shape index (κ2) is 8.45. The van der Waals surface area contributed by atoms with Crippen LogP contribution < -0.4 is 0 Å². The molecule has 0 bridgehead atoms. The zero-order valence-corrected chi connectivity index (χ0v) is 9.92. The van der Waals surface area contributed by atoms with E-state index in [9.17, 15) is 9.59 Å². The number of allylic oxidation sites excluding steroid dienone is 1. The van der Waals surface area contributed by atoms with Gasteiger partial charge in [0.2, 0.25) is 0 Å². The summed E-state index contributed by atoms with van der Waals surface area (Å²) >= 11 is 0. The molecule has 1 unspecified atom stereocenters. The molecule has 0 fully saturated rings. The summed E-state index contributed by atoms with van der Waals surface area (Å²) in [6.07, 6.45) is 8.92. The van der Waals surface area contributed by atoms with Gasteiger partial charge in [-0.05, 0) is 24.8 Å². The molecule has 0 amide bonds. The Hall–Kier alpha value is -1.70. The van der Waals surface area contributed by atoms with Crippen molar-refractivity contribution in [1.82, 2.24) is 0 Å². The molecular formula is C15H18O2. The molecule has 0 saturated carbocycles. The van der Waals surface area contributed by atoms with Gasteiger partial charge >= 0.3 is 0 Å². The number of unbranched alkanes of at least 4 members (excludes halogenated alkanes) is 1. The minimum Gasteiger partial charge on any atom is -0.303 e. The third-order valence-corrected chi connectivity index (χ3v) is 2.65. The topological polar surface area (TPSA) is 34.1 Å². The van der Waals surface area contributed by atoms with E-state index in [4.69, 9.17) is 0 Å². The molecule has 2 nitrogen and oxygen atoms in total. The second-order valence-corrected chi connectivity index (χ2v) is 4.04. The molecule has 1 aromatic carbocycles. The molecule has 0 aliphatic heterocycles. The number of carbonyl (C=O) groups is 2. The smallest absolute Gasteiger partial charge is 0.123 e. The summed E-state index contributed by atoms with van der Waals surface area (Å²) in [6, 6.07) is 10.1. The maximum atomic E-state index is 10.6. The van der Waals surface area contributed by atoms with Crippen molar-refractivity contribution in [2.45, 2.75) is 25.7 Å². The van der Waals surface area contributed by atoms with Crippen molar-refractivity contribution >= 4 is 18.6 Å². The van der Waals surface area contributed by atoms with Gasteiger partial charge in [0.05, 0.1) is 0 Å². The maximum absolute atomic E-state index is 10.6. The van der Waals surface area contributed by atoms with E-state index in [1.165, 1.54) is 5.56 Å². The molecular weight excluding hydrogens is 212 g/mol. The average molecular weight is 230 g/mol. The maximum Gasteiger partial charge on any atom is 0.123 e. The molecule has 1 atom stereocenters. The number of carbonyl (C=O) groups excluding carboxylic acids is 2. The van der Waals surface area contributed by atoms with Crippen molar-refractivity contribution in [3.8, 4) is 0 Å². The number of hydrogen-bond donors (Lipinski definition) is 0. The largest absolute Gasteiger partial charge is 0.303 e. The monoisotopic (exact) mass is 230 g/mol. The first kappa shape index (κ1) is 13.4. The standard InChI is InChI=1S/C15H18O2/c16-12-11-15(13-17)10-6-2-5-9-14-7-3-1-4-8-14/h1,3-5,7-9,12-13,15H,2,6,10-11H2. The van der Waals surface area contributed by atoms with E-state index in [2.05, 4.69) is 24.3 Å². The average Bonchev–Trinajstić information content (AvgIpc) is 2.38. The third kappa shape index (κ3) is 5.81. The lowest BCUT2D eigenvalue weighted by molar-refractivity contribution is -0.115. The van der Waals surface area contributed by atoms with Crippen LogP contribution in [0.1, 0.15) is 31.2 Å². The Morgan fingerprint density at radius 2 is 1.88 bits per heavy atom. The van der Waals surface area contributed by atoms with Crippen molar-refractivity contribution in [2.75, 3.05) is 0 Å².